The number of nitrogens with two attached hydrogens (primary N) is 1. The minimum atomic E-state index is -0.401. The molecule has 0 aliphatic heterocycles. The topological polar surface area (TPSA) is 55.1 Å². The molecule has 20 heavy (non-hydrogen) atoms. The summed E-state index contributed by atoms with van der Waals surface area (Å²) in [5, 5.41) is 4.10. The molecule has 2 aromatic rings. The lowest BCUT2D eigenvalue weighted by Gasteiger charge is -2.15. The molecule has 0 aliphatic carbocycles. The van der Waals surface area contributed by atoms with E-state index in [0.29, 0.717) is 12.1 Å². The van der Waals surface area contributed by atoms with Gasteiger partial charge in [-0.1, -0.05) is 41.9 Å². The van der Waals surface area contributed by atoms with Crippen LogP contribution in [0.4, 0.5) is 0 Å². The van der Waals surface area contributed by atoms with Crippen molar-refractivity contribution in [3.8, 4) is 0 Å². The first-order valence-electron chi connectivity index (χ1n) is 6.44. The smallest absolute Gasteiger partial charge is 0.249 e. The minimum Gasteiger partial charge on any atom is -0.366 e. The van der Waals surface area contributed by atoms with E-state index < -0.39 is 5.91 Å². The first-order valence-corrected chi connectivity index (χ1v) is 6.82. The summed E-state index contributed by atoms with van der Waals surface area (Å²) in [5.41, 5.74) is 7.97. The van der Waals surface area contributed by atoms with Crippen molar-refractivity contribution < 1.29 is 4.79 Å². The first kappa shape index (κ1) is 14.6. The van der Waals surface area contributed by atoms with E-state index in [9.17, 15) is 4.79 Å². The van der Waals surface area contributed by atoms with Gasteiger partial charge in [-0.05, 0) is 36.2 Å². The molecule has 104 valence electrons. The fourth-order valence-corrected chi connectivity index (χ4v) is 2.17. The minimum absolute atomic E-state index is 0.160. The molecular weight excluding hydrogens is 272 g/mol. The van der Waals surface area contributed by atoms with Gasteiger partial charge in [0.2, 0.25) is 5.91 Å². The number of hydrogen-bond donors (Lipinski definition) is 2. The Labute approximate surface area is 123 Å². The molecule has 1 atom stereocenters. The Morgan fingerprint density at radius 3 is 2.50 bits per heavy atom. The number of primary amides is 1. The van der Waals surface area contributed by atoms with Gasteiger partial charge in [-0.25, -0.2) is 0 Å². The van der Waals surface area contributed by atoms with Crippen LogP contribution in [0, 0.1) is 0 Å². The molecule has 0 heterocycles. The van der Waals surface area contributed by atoms with Crippen molar-refractivity contribution in [2.24, 2.45) is 5.73 Å². The Balaban J connectivity index is 2.05. The zero-order valence-electron chi connectivity index (χ0n) is 11.3. The second kappa shape index (κ2) is 6.55. The predicted molar refractivity (Wildman–Crippen MR) is 81.7 cm³/mol. The average molecular weight is 289 g/mol. The van der Waals surface area contributed by atoms with Crippen molar-refractivity contribution in [1.29, 1.82) is 0 Å². The Hall–Kier alpha value is -1.84. The normalized spacial score (nSPS) is 12.1. The van der Waals surface area contributed by atoms with Crippen LogP contribution in [0.2, 0.25) is 5.02 Å². The lowest BCUT2D eigenvalue weighted by atomic mass is 10.1. The summed E-state index contributed by atoms with van der Waals surface area (Å²) < 4.78 is 0. The highest BCUT2D eigenvalue weighted by atomic mass is 35.5. The van der Waals surface area contributed by atoms with Crippen LogP contribution in [0.3, 0.4) is 0 Å². The number of halogens is 1. The monoisotopic (exact) mass is 288 g/mol. The molecule has 0 unspecified atom stereocenters. The molecule has 3 nitrogen and oxygen atoms in total. The van der Waals surface area contributed by atoms with Crippen LogP contribution in [-0.4, -0.2) is 5.91 Å². The molecule has 0 bridgehead atoms. The van der Waals surface area contributed by atoms with Crippen LogP contribution in [-0.2, 0) is 6.54 Å². The maximum Gasteiger partial charge on any atom is 0.249 e. The molecule has 0 aromatic heterocycles. The highest BCUT2D eigenvalue weighted by Crippen LogP contribution is 2.17. The molecule has 1 amide bonds. The lowest BCUT2D eigenvalue weighted by Crippen LogP contribution is -2.21. The van der Waals surface area contributed by atoms with Crippen molar-refractivity contribution in [2.75, 3.05) is 0 Å². The highest BCUT2D eigenvalue weighted by molar-refractivity contribution is 6.30. The van der Waals surface area contributed by atoms with E-state index in [4.69, 9.17) is 17.3 Å². The van der Waals surface area contributed by atoms with E-state index in [-0.39, 0.29) is 6.04 Å². The van der Waals surface area contributed by atoms with Crippen molar-refractivity contribution in [3.63, 3.8) is 0 Å². The number of rotatable bonds is 5. The number of carbonyl (C=O) groups excluding carboxylic acids is 1. The van der Waals surface area contributed by atoms with E-state index in [0.717, 1.165) is 16.1 Å². The summed E-state index contributed by atoms with van der Waals surface area (Å²) in [6.07, 6.45) is 0. The SMILES string of the molecule is C[C@H](NCc1ccccc1C(N)=O)c1ccc(Cl)cc1. The standard InChI is InChI=1S/C16H17ClN2O/c1-11(12-6-8-14(17)9-7-12)19-10-13-4-2-3-5-15(13)16(18)20/h2-9,11,19H,10H2,1H3,(H2,18,20)/t11-/m0/s1. The summed E-state index contributed by atoms with van der Waals surface area (Å²) in [6, 6.07) is 15.2. The number of benzene rings is 2. The summed E-state index contributed by atoms with van der Waals surface area (Å²) in [6.45, 7) is 2.65. The van der Waals surface area contributed by atoms with Crippen LogP contribution in [0.15, 0.2) is 48.5 Å². The van der Waals surface area contributed by atoms with Gasteiger partial charge in [-0.2, -0.15) is 0 Å². The second-order valence-electron chi connectivity index (χ2n) is 4.68. The molecule has 2 rings (SSSR count). The molecule has 3 N–H and O–H groups in total. The first-order chi connectivity index (χ1) is 9.58. The van der Waals surface area contributed by atoms with E-state index in [1.807, 2.05) is 42.5 Å². The molecule has 0 aliphatic rings. The summed E-state index contributed by atoms with van der Waals surface area (Å²) in [7, 11) is 0. The number of hydrogen-bond acceptors (Lipinski definition) is 2. The molecule has 2 aromatic carbocycles. The Kier molecular flexibility index (Phi) is 4.77. The van der Waals surface area contributed by atoms with Gasteiger partial charge in [0.05, 0.1) is 0 Å². The third-order valence-corrected chi connectivity index (χ3v) is 3.50. The molecule has 0 spiro atoms. The van der Waals surface area contributed by atoms with E-state index in [2.05, 4.69) is 12.2 Å². The maximum absolute atomic E-state index is 11.4. The van der Waals surface area contributed by atoms with Gasteiger partial charge in [-0.3, -0.25) is 4.79 Å². The Bertz CT molecular complexity index is 596. The highest BCUT2D eigenvalue weighted by Gasteiger charge is 2.09. The van der Waals surface area contributed by atoms with Gasteiger partial charge in [0.25, 0.3) is 0 Å². The molecule has 0 saturated heterocycles. The zero-order valence-corrected chi connectivity index (χ0v) is 12.0. The van der Waals surface area contributed by atoms with Crippen LogP contribution in [0.5, 0.6) is 0 Å². The van der Waals surface area contributed by atoms with Crippen molar-refractivity contribution >= 4 is 17.5 Å². The van der Waals surface area contributed by atoms with E-state index >= 15 is 0 Å². The molecule has 0 fully saturated rings. The zero-order chi connectivity index (χ0) is 14.5. The van der Waals surface area contributed by atoms with Gasteiger partial charge in [0.1, 0.15) is 0 Å². The maximum atomic E-state index is 11.4. The average Bonchev–Trinajstić information content (AvgIpc) is 2.45. The largest absolute Gasteiger partial charge is 0.366 e. The molecular formula is C16H17ClN2O. The van der Waals surface area contributed by atoms with Crippen molar-refractivity contribution in [2.45, 2.75) is 19.5 Å². The van der Waals surface area contributed by atoms with E-state index in [1.54, 1.807) is 6.07 Å². The molecule has 0 radical (unpaired) electrons. The fourth-order valence-electron chi connectivity index (χ4n) is 2.05. The number of nitrogens with one attached hydrogen (secondary N) is 1. The predicted octanol–water partition coefficient (Wildman–Crippen LogP) is 3.29. The van der Waals surface area contributed by atoms with Gasteiger partial charge in [0.15, 0.2) is 0 Å². The summed E-state index contributed by atoms with van der Waals surface area (Å²) in [5.74, 6) is -0.401. The van der Waals surface area contributed by atoms with Crippen LogP contribution in [0.25, 0.3) is 0 Å². The van der Waals surface area contributed by atoms with Crippen molar-refractivity contribution in [3.05, 3.63) is 70.2 Å². The Morgan fingerprint density at radius 2 is 1.85 bits per heavy atom. The van der Waals surface area contributed by atoms with Crippen LogP contribution < -0.4 is 11.1 Å². The number of carbonyl (C=O) groups is 1. The lowest BCUT2D eigenvalue weighted by molar-refractivity contribution is 0.0999. The van der Waals surface area contributed by atoms with Gasteiger partial charge < -0.3 is 11.1 Å². The van der Waals surface area contributed by atoms with E-state index in [1.165, 1.54) is 0 Å². The second-order valence-corrected chi connectivity index (χ2v) is 5.11. The number of amides is 1. The fraction of sp³-hybridized carbons (Fsp3) is 0.188. The summed E-state index contributed by atoms with van der Waals surface area (Å²) >= 11 is 5.87. The van der Waals surface area contributed by atoms with Crippen molar-refractivity contribution in [1.82, 2.24) is 5.32 Å². The van der Waals surface area contributed by atoms with Crippen LogP contribution >= 0.6 is 11.6 Å². The quantitative estimate of drug-likeness (QED) is 0.887. The Morgan fingerprint density at radius 1 is 1.20 bits per heavy atom. The molecule has 0 saturated carbocycles. The van der Waals surface area contributed by atoms with Crippen LogP contribution in [0.1, 0.15) is 34.5 Å². The summed E-state index contributed by atoms with van der Waals surface area (Å²) in [4.78, 5) is 11.4. The third-order valence-electron chi connectivity index (χ3n) is 3.25. The molecule has 4 heteroatoms. The van der Waals surface area contributed by atoms with Gasteiger partial charge in [0, 0.05) is 23.2 Å². The third kappa shape index (κ3) is 3.59. The van der Waals surface area contributed by atoms with Gasteiger partial charge in [-0.15, -0.1) is 0 Å². The van der Waals surface area contributed by atoms with Gasteiger partial charge >= 0.3 is 0 Å².